The average Bonchev–Trinajstić information content (AvgIpc) is 2.19. The van der Waals surface area contributed by atoms with Crippen LogP contribution in [0.2, 0.25) is 0 Å². The Labute approximate surface area is 78.5 Å². The maximum atomic E-state index is 8.55. The Morgan fingerprint density at radius 1 is 1.31 bits per heavy atom. The summed E-state index contributed by atoms with van der Waals surface area (Å²) < 4.78 is 5.18. The van der Waals surface area contributed by atoms with Gasteiger partial charge in [0.05, 0.1) is 13.7 Å². The summed E-state index contributed by atoms with van der Waals surface area (Å²) in [6, 6.07) is 7.87. The van der Waals surface area contributed by atoms with Gasteiger partial charge in [0.25, 0.3) is 0 Å². The molecule has 0 fully saturated rings. The fourth-order valence-corrected chi connectivity index (χ4v) is 1.16. The van der Waals surface area contributed by atoms with E-state index in [1.807, 2.05) is 30.3 Å². The monoisotopic (exact) mass is 178 g/mol. The van der Waals surface area contributed by atoms with Crippen LogP contribution in [0.15, 0.2) is 36.4 Å². The Bertz CT molecular complexity index is 279. The highest BCUT2D eigenvalue weighted by Crippen LogP contribution is 2.17. The van der Waals surface area contributed by atoms with Gasteiger partial charge in [-0.15, -0.1) is 0 Å². The highest BCUT2D eigenvalue weighted by Gasteiger charge is 1.97. The molecule has 0 atom stereocenters. The second kappa shape index (κ2) is 5.38. The van der Waals surface area contributed by atoms with E-state index >= 15 is 0 Å². The normalized spacial score (nSPS) is 10.6. The Kier molecular flexibility index (Phi) is 4.06. The van der Waals surface area contributed by atoms with Gasteiger partial charge in [-0.25, -0.2) is 0 Å². The van der Waals surface area contributed by atoms with Crippen molar-refractivity contribution in [1.29, 1.82) is 0 Å². The number of benzene rings is 1. The third-order valence-electron chi connectivity index (χ3n) is 1.80. The predicted octanol–water partition coefficient (Wildman–Crippen LogP) is 1.79. The quantitative estimate of drug-likeness (QED) is 0.712. The number of methoxy groups -OCH3 is 1. The predicted molar refractivity (Wildman–Crippen MR) is 52.9 cm³/mol. The Morgan fingerprint density at radius 2 is 2.08 bits per heavy atom. The van der Waals surface area contributed by atoms with E-state index in [1.165, 1.54) is 0 Å². The van der Waals surface area contributed by atoms with E-state index in [2.05, 4.69) is 0 Å². The van der Waals surface area contributed by atoms with E-state index in [1.54, 1.807) is 13.2 Å². The Balaban J connectivity index is 2.69. The van der Waals surface area contributed by atoms with E-state index in [0.29, 0.717) is 0 Å². The molecule has 0 aliphatic rings. The summed E-state index contributed by atoms with van der Waals surface area (Å²) in [4.78, 5) is 0. The number of aliphatic hydroxyl groups is 1. The summed E-state index contributed by atoms with van der Waals surface area (Å²) in [7, 11) is 1.66. The largest absolute Gasteiger partial charge is 0.496 e. The molecular weight excluding hydrogens is 164 g/mol. The molecule has 0 spiro atoms. The van der Waals surface area contributed by atoms with Crippen molar-refractivity contribution < 1.29 is 9.84 Å². The van der Waals surface area contributed by atoms with Gasteiger partial charge in [0.2, 0.25) is 0 Å². The number of rotatable bonds is 4. The van der Waals surface area contributed by atoms with Gasteiger partial charge in [-0.2, -0.15) is 0 Å². The first-order valence-corrected chi connectivity index (χ1v) is 4.26. The molecule has 0 aliphatic heterocycles. The summed E-state index contributed by atoms with van der Waals surface area (Å²) in [6.45, 7) is 0.0924. The molecule has 0 heterocycles. The zero-order valence-corrected chi connectivity index (χ0v) is 7.73. The van der Waals surface area contributed by atoms with Crippen molar-refractivity contribution in [2.24, 2.45) is 0 Å². The minimum atomic E-state index is 0.0924. The maximum Gasteiger partial charge on any atom is 0.122 e. The highest BCUT2D eigenvalue weighted by molar-refractivity contribution is 5.34. The Morgan fingerprint density at radius 3 is 2.77 bits per heavy atom. The fraction of sp³-hybridized carbons (Fsp3) is 0.273. The lowest BCUT2D eigenvalue weighted by molar-refractivity contribution is 0.342. The molecule has 0 saturated heterocycles. The molecule has 0 aromatic heterocycles. The van der Waals surface area contributed by atoms with Gasteiger partial charge < -0.3 is 9.84 Å². The molecule has 1 aromatic rings. The standard InChI is InChI=1S/C11H14O2/c1-13-11-8-3-2-6-10(11)7-4-5-9-12/h2-6,8,12H,7,9H2,1H3/b5-4-. The van der Waals surface area contributed by atoms with E-state index in [4.69, 9.17) is 9.84 Å². The lowest BCUT2D eigenvalue weighted by atomic mass is 10.1. The summed E-state index contributed by atoms with van der Waals surface area (Å²) in [5.74, 6) is 0.894. The van der Waals surface area contributed by atoms with E-state index < -0.39 is 0 Å². The van der Waals surface area contributed by atoms with Crippen molar-refractivity contribution in [2.45, 2.75) is 6.42 Å². The zero-order valence-electron chi connectivity index (χ0n) is 7.73. The average molecular weight is 178 g/mol. The van der Waals surface area contributed by atoms with Crippen LogP contribution in [-0.2, 0) is 6.42 Å². The van der Waals surface area contributed by atoms with Gasteiger partial charge in [0.15, 0.2) is 0 Å². The molecule has 0 unspecified atom stereocenters. The number of hydrogen-bond donors (Lipinski definition) is 1. The molecule has 13 heavy (non-hydrogen) atoms. The molecule has 2 nitrogen and oxygen atoms in total. The van der Waals surface area contributed by atoms with Crippen LogP contribution in [-0.4, -0.2) is 18.8 Å². The van der Waals surface area contributed by atoms with Crippen molar-refractivity contribution in [1.82, 2.24) is 0 Å². The van der Waals surface area contributed by atoms with Crippen LogP contribution < -0.4 is 4.74 Å². The molecule has 2 heteroatoms. The zero-order chi connectivity index (χ0) is 9.52. The number of aliphatic hydroxyl groups excluding tert-OH is 1. The minimum absolute atomic E-state index is 0.0924. The lowest BCUT2D eigenvalue weighted by Gasteiger charge is -2.04. The number of para-hydroxylation sites is 1. The first kappa shape index (κ1) is 9.81. The molecule has 0 radical (unpaired) electrons. The lowest BCUT2D eigenvalue weighted by Crippen LogP contribution is -1.89. The van der Waals surface area contributed by atoms with E-state index in [-0.39, 0.29) is 6.61 Å². The van der Waals surface area contributed by atoms with Crippen LogP contribution >= 0.6 is 0 Å². The second-order valence-electron chi connectivity index (χ2n) is 2.67. The SMILES string of the molecule is COc1ccccc1C/C=C\CO. The van der Waals surface area contributed by atoms with Crippen molar-refractivity contribution in [3.8, 4) is 5.75 Å². The van der Waals surface area contributed by atoms with Crippen molar-refractivity contribution in [2.75, 3.05) is 13.7 Å². The first-order valence-electron chi connectivity index (χ1n) is 4.26. The van der Waals surface area contributed by atoms with Gasteiger partial charge >= 0.3 is 0 Å². The van der Waals surface area contributed by atoms with Gasteiger partial charge in [0, 0.05) is 0 Å². The summed E-state index contributed by atoms with van der Waals surface area (Å²) in [6.07, 6.45) is 4.45. The number of allylic oxidation sites excluding steroid dienone is 1. The van der Waals surface area contributed by atoms with Gasteiger partial charge in [-0.05, 0) is 18.1 Å². The molecule has 0 bridgehead atoms. The molecule has 70 valence electrons. The minimum Gasteiger partial charge on any atom is -0.496 e. The van der Waals surface area contributed by atoms with Crippen LogP contribution in [0, 0.1) is 0 Å². The van der Waals surface area contributed by atoms with Crippen LogP contribution in [0.5, 0.6) is 5.75 Å². The third kappa shape index (κ3) is 2.92. The van der Waals surface area contributed by atoms with Crippen molar-refractivity contribution >= 4 is 0 Å². The molecule has 1 N–H and O–H groups in total. The molecule has 0 aliphatic carbocycles. The van der Waals surface area contributed by atoms with E-state index in [0.717, 1.165) is 17.7 Å². The van der Waals surface area contributed by atoms with Crippen LogP contribution in [0.1, 0.15) is 5.56 Å². The number of hydrogen-bond acceptors (Lipinski definition) is 2. The highest BCUT2D eigenvalue weighted by atomic mass is 16.5. The maximum absolute atomic E-state index is 8.55. The molecule has 1 rings (SSSR count). The third-order valence-corrected chi connectivity index (χ3v) is 1.80. The second-order valence-corrected chi connectivity index (χ2v) is 2.67. The topological polar surface area (TPSA) is 29.5 Å². The van der Waals surface area contributed by atoms with Crippen molar-refractivity contribution in [3.63, 3.8) is 0 Å². The summed E-state index contributed by atoms with van der Waals surface area (Å²) in [5, 5.41) is 8.55. The van der Waals surface area contributed by atoms with Crippen LogP contribution in [0.3, 0.4) is 0 Å². The molecule has 1 aromatic carbocycles. The van der Waals surface area contributed by atoms with Gasteiger partial charge in [-0.3, -0.25) is 0 Å². The number of ether oxygens (including phenoxy) is 1. The summed E-state index contributed by atoms with van der Waals surface area (Å²) in [5.41, 5.74) is 1.13. The van der Waals surface area contributed by atoms with Gasteiger partial charge in [-0.1, -0.05) is 30.4 Å². The van der Waals surface area contributed by atoms with Gasteiger partial charge in [0.1, 0.15) is 5.75 Å². The first-order chi connectivity index (χ1) is 6.38. The summed E-state index contributed by atoms with van der Waals surface area (Å²) >= 11 is 0. The smallest absolute Gasteiger partial charge is 0.122 e. The Hall–Kier alpha value is -1.28. The van der Waals surface area contributed by atoms with Crippen LogP contribution in [0.25, 0.3) is 0 Å². The van der Waals surface area contributed by atoms with Crippen molar-refractivity contribution in [3.05, 3.63) is 42.0 Å². The van der Waals surface area contributed by atoms with E-state index in [9.17, 15) is 0 Å². The fourth-order valence-electron chi connectivity index (χ4n) is 1.16. The molecule has 0 saturated carbocycles. The van der Waals surface area contributed by atoms with Crippen LogP contribution in [0.4, 0.5) is 0 Å². The molecule has 0 amide bonds. The molecular formula is C11H14O2.